The van der Waals surface area contributed by atoms with Gasteiger partial charge in [-0.15, -0.1) is 4.91 Å². The average molecular weight is 994 g/mol. The number of phenols is 2. The summed E-state index contributed by atoms with van der Waals surface area (Å²) in [5.41, 5.74) is 15.0. The maximum atomic E-state index is 12.5. The Hall–Kier alpha value is -7.31. The quantitative estimate of drug-likeness (QED) is 0.117. The Bertz CT molecular complexity index is 3240. The molecule has 10 aromatic rings. The van der Waals surface area contributed by atoms with Crippen LogP contribution in [0.1, 0.15) is 36.8 Å². The smallest absolute Gasteiger partial charge is 0.120 e. The summed E-state index contributed by atoms with van der Waals surface area (Å²) in [6.45, 7) is 0. The molecule has 1 radical (unpaired) electrons. The first-order valence-electron chi connectivity index (χ1n) is 22.6. The van der Waals surface area contributed by atoms with Gasteiger partial charge < -0.3 is 10.2 Å². The molecule has 10 aromatic carbocycles. The van der Waals surface area contributed by atoms with Gasteiger partial charge in [0, 0.05) is 45.8 Å². The molecule has 68 heavy (non-hydrogen) atoms. The molecule has 1 aliphatic carbocycles. The fraction of sp³-hybridized carbons (Fsp3) is 0.100. The van der Waals surface area contributed by atoms with E-state index in [2.05, 4.69) is 167 Å². The van der Waals surface area contributed by atoms with Gasteiger partial charge in [-0.2, -0.15) is 0 Å². The molecule has 8 heteroatoms. The van der Waals surface area contributed by atoms with Crippen LogP contribution in [-0.2, 0) is 17.3 Å². The van der Waals surface area contributed by atoms with E-state index >= 15 is 0 Å². The predicted molar refractivity (Wildman–Crippen MR) is 281 cm³/mol. The number of nitrogens with zero attached hydrogens (tertiary/aromatic N) is 3. The topological polar surface area (TPSA) is 105 Å². The summed E-state index contributed by atoms with van der Waals surface area (Å²) in [7, 11) is 4.57. The summed E-state index contributed by atoms with van der Waals surface area (Å²) in [5, 5.41) is 33.4. The third-order valence-electron chi connectivity index (χ3n) is 13.1. The van der Waals surface area contributed by atoms with E-state index in [1.807, 2.05) is 66.1 Å². The number of nitroso groups, excluding NO2 is 1. The molecule has 334 valence electrons. The summed E-state index contributed by atoms with van der Waals surface area (Å²) in [5.74, 6) is 0.424. The monoisotopic (exact) mass is 993 g/mol. The van der Waals surface area contributed by atoms with Gasteiger partial charge in [0.05, 0.1) is 12.1 Å². The first-order chi connectivity index (χ1) is 33.6. The summed E-state index contributed by atoms with van der Waals surface area (Å²) in [6.07, 6.45) is 7.60. The SMILES string of the molecule is Oc1c(C=N[C@H]2CCCC[C@@H]2N=Cc2cc3ccccc3c(-c3c(-c4ccccc4)ccc4ccccc34)c2O)cc2ccccc2c1-c1c(-c2ccccc2)ccc2ccccc12.[Cl][Ru].[N]=O. The van der Waals surface area contributed by atoms with Crippen molar-refractivity contribution in [2.75, 3.05) is 0 Å². The van der Waals surface area contributed by atoms with Crippen LogP contribution in [0.25, 0.3) is 87.6 Å². The Morgan fingerprint density at radius 1 is 0.426 bits per heavy atom. The fourth-order valence-corrected chi connectivity index (χ4v) is 10.0. The van der Waals surface area contributed by atoms with Crippen LogP contribution in [0.3, 0.4) is 0 Å². The Balaban J connectivity index is 0.00000141. The van der Waals surface area contributed by atoms with Crippen LogP contribution in [0.2, 0.25) is 0 Å². The van der Waals surface area contributed by atoms with Gasteiger partial charge in [0.15, 0.2) is 0 Å². The summed E-state index contributed by atoms with van der Waals surface area (Å²) in [4.78, 5) is 17.7. The van der Waals surface area contributed by atoms with Gasteiger partial charge in [0.1, 0.15) is 17.1 Å². The minimum atomic E-state index is -0.0958. The summed E-state index contributed by atoms with van der Waals surface area (Å²) in [6, 6.07) is 66.9. The Morgan fingerprint density at radius 2 is 0.750 bits per heavy atom. The molecule has 0 aliphatic heterocycles. The molecule has 0 saturated heterocycles. The van der Waals surface area contributed by atoms with Crippen molar-refractivity contribution >= 4 is 65.2 Å². The minimum absolute atomic E-state index is 0.0958. The van der Waals surface area contributed by atoms with E-state index in [1.54, 1.807) is 0 Å². The van der Waals surface area contributed by atoms with Crippen LogP contribution < -0.4 is 5.59 Å². The van der Waals surface area contributed by atoms with Crippen molar-refractivity contribution in [3.63, 3.8) is 0 Å². The molecule has 11 rings (SSSR count). The normalized spacial score (nSPS) is 14.8. The van der Waals surface area contributed by atoms with Crippen LogP contribution in [0, 0.1) is 4.91 Å². The maximum absolute atomic E-state index is 12.5. The zero-order chi connectivity index (χ0) is 47.0. The standard InChI is InChI=1S/C60H46N2O2.ClH.NO.Ru/c63-59-45(35-43-23-9-13-27-49(43)57(59)55-47-25-11-7-21-41(47)31-33-51(55)39-17-3-1-4-18-39)37-61-53-29-15-16-30-54(53)62-38-46-36-44-24-10-14-28-50(44)58(60(46)64)56-48-26-12-8-22-42(48)32-34-52(56)40-19-5-2-6-20-40;;1-2;/h1-14,17-28,31-38,53-54,63-64H,15-16,29-30H2;1H;;/q;;;+1/p-1/t53-,54-;;;/m0.../s1. The molecule has 1 aliphatic rings. The predicted octanol–water partition coefficient (Wildman–Crippen LogP) is 15.5. The minimum Gasteiger partial charge on any atom is -0.120 e. The van der Waals surface area contributed by atoms with Crippen molar-refractivity contribution in [3.05, 3.63) is 210 Å². The van der Waals surface area contributed by atoms with E-state index in [0.29, 0.717) is 11.1 Å². The first-order valence-corrected chi connectivity index (χ1v) is 24.9. The van der Waals surface area contributed by atoms with Crippen LogP contribution in [0.5, 0.6) is 11.5 Å². The maximum Gasteiger partial charge on any atom is 0.120 e. The van der Waals surface area contributed by atoms with E-state index in [9.17, 15) is 10.2 Å². The number of benzene rings is 10. The number of rotatable bonds is 8. The van der Waals surface area contributed by atoms with Crippen molar-refractivity contribution in [2.45, 2.75) is 37.8 Å². The number of fused-ring (bicyclic) bond motifs is 4. The molecule has 0 spiro atoms. The second kappa shape index (κ2) is 21.1. The van der Waals surface area contributed by atoms with E-state index in [4.69, 9.17) is 20.5 Å². The molecular formula is C60H46ClN3O3Ru. The second-order valence-electron chi connectivity index (χ2n) is 16.9. The average Bonchev–Trinajstić information content (AvgIpc) is 3.41. The Kier molecular flexibility index (Phi) is 14.2. The molecule has 0 heterocycles. The van der Waals surface area contributed by atoms with Crippen molar-refractivity contribution in [1.82, 2.24) is 5.59 Å². The summed E-state index contributed by atoms with van der Waals surface area (Å²) >= 11 is 1.82. The number of hydrogen-bond acceptors (Lipinski definition) is 5. The van der Waals surface area contributed by atoms with Crippen molar-refractivity contribution in [3.8, 4) is 56.0 Å². The van der Waals surface area contributed by atoms with Gasteiger partial charge in [0.25, 0.3) is 0 Å². The van der Waals surface area contributed by atoms with Crippen LogP contribution in [0.4, 0.5) is 0 Å². The van der Waals surface area contributed by atoms with E-state index in [0.717, 1.165) is 113 Å². The third-order valence-corrected chi connectivity index (χ3v) is 13.1. The van der Waals surface area contributed by atoms with Crippen molar-refractivity contribution < 1.29 is 27.5 Å². The molecule has 2 N–H and O–H groups in total. The van der Waals surface area contributed by atoms with Crippen LogP contribution in [0.15, 0.2) is 204 Å². The van der Waals surface area contributed by atoms with Crippen molar-refractivity contribution in [2.24, 2.45) is 9.98 Å². The number of aromatic hydroxyl groups is 2. The van der Waals surface area contributed by atoms with Crippen LogP contribution in [-0.4, -0.2) is 34.7 Å². The Morgan fingerprint density at radius 3 is 1.13 bits per heavy atom. The molecule has 0 bridgehead atoms. The molecule has 0 aromatic heterocycles. The number of phenolic OH excluding ortho intramolecular Hbond substituents is 2. The molecule has 2 atom stereocenters. The molecule has 6 nitrogen and oxygen atoms in total. The van der Waals surface area contributed by atoms with Gasteiger partial charge in [0.2, 0.25) is 0 Å². The number of halogens is 1. The van der Waals surface area contributed by atoms with Gasteiger partial charge >= 0.3 is 27.0 Å². The molecular weight excluding hydrogens is 947 g/mol. The fourth-order valence-electron chi connectivity index (χ4n) is 10.0. The largest absolute Gasteiger partial charge is 0.120 e. The summed E-state index contributed by atoms with van der Waals surface area (Å²) < 4.78 is 0. The molecule has 1 fully saturated rings. The molecule has 0 unspecified atom stereocenters. The number of hydrogen-bond donors (Lipinski definition) is 2. The number of aliphatic imine (C=N–C) groups is 2. The van der Waals surface area contributed by atoms with E-state index in [1.165, 1.54) is 0 Å². The second-order valence-corrected chi connectivity index (χ2v) is 16.9. The van der Waals surface area contributed by atoms with Crippen LogP contribution >= 0.6 is 9.69 Å². The van der Waals surface area contributed by atoms with Gasteiger partial charge in [-0.3, -0.25) is 9.98 Å². The van der Waals surface area contributed by atoms with Gasteiger partial charge in [-0.25, -0.2) is 0 Å². The Labute approximate surface area is 409 Å². The first kappa shape index (κ1) is 45.8. The van der Waals surface area contributed by atoms with Gasteiger partial charge in [-0.1, -0.05) is 195 Å². The zero-order valence-electron chi connectivity index (χ0n) is 37.0. The third kappa shape index (κ3) is 8.96. The zero-order valence-corrected chi connectivity index (χ0v) is 39.5. The molecule has 1 saturated carbocycles. The van der Waals surface area contributed by atoms with Crippen molar-refractivity contribution in [1.29, 1.82) is 0 Å². The van der Waals surface area contributed by atoms with E-state index < -0.39 is 0 Å². The van der Waals surface area contributed by atoms with E-state index in [-0.39, 0.29) is 23.6 Å². The molecule has 0 amide bonds. The van der Waals surface area contributed by atoms with Gasteiger partial charge in [-0.05, 0) is 90.3 Å².